The normalized spacial score (nSPS) is 22.2. The SMILES string of the molecule is CCNCC1CC2COc3c(c(F)c(NN)c4c(=O)c(C(=O)O)cn(C5CC5)c34)N2C1. The summed E-state index contributed by atoms with van der Waals surface area (Å²) in [6.45, 7) is 4.81. The number of hydrogen-bond donors (Lipinski definition) is 4. The van der Waals surface area contributed by atoms with Crippen LogP contribution in [0.1, 0.15) is 42.6 Å². The van der Waals surface area contributed by atoms with Gasteiger partial charge in [-0.2, -0.15) is 0 Å². The summed E-state index contributed by atoms with van der Waals surface area (Å²) in [4.78, 5) is 26.8. The van der Waals surface area contributed by atoms with Gasteiger partial charge in [0.05, 0.1) is 16.9 Å². The smallest absolute Gasteiger partial charge is 0.341 e. The zero-order valence-electron chi connectivity index (χ0n) is 17.3. The van der Waals surface area contributed by atoms with Gasteiger partial charge in [0.25, 0.3) is 0 Å². The minimum Gasteiger partial charge on any atom is -0.487 e. The topological polar surface area (TPSA) is 122 Å². The fraction of sp³-hybridized carbons (Fsp3) is 0.524. The molecule has 1 saturated heterocycles. The van der Waals surface area contributed by atoms with Crippen LogP contribution in [0.15, 0.2) is 11.0 Å². The molecular formula is C21H26FN5O4. The summed E-state index contributed by atoms with van der Waals surface area (Å²) in [5.74, 6) is 4.28. The van der Waals surface area contributed by atoms with Crippen LogP contribution in [-0.4, -0.2) is 47.9 Å². The lowest BCUT2D eigenvalue weighted by molar-refractivity contribution is 0.0695. The van der Waals surface area contributed by atoms with Gasteiger partial charge in [0, 0.05) is 18.8 Å². The van der Waals surface area contributed by atoms with Gasteiger partial charge in [-0.05, 0) is 38.3 Å². The molecule has 3 aliphatic rings. The summed E-state index contributed by atoms with van der Waals surface area (Å²) in [6, 6.07) is 0.0795. The molecule has 31 heavy (non-hydrogen) atoms. The van der Waals surface area contributed by atoms with Gasteiger partial charge in [0.1, 0.15) is 23.5 Å². The van der Waals surface area contributed by atoms with E-state index >= 15 is 4.39 Å². The lowest BCUT2D eigenvalue weighted by Crippen LogP contribution is -2.39. The van der Waals surface area contributed by atoms with E-state index in [9.17, 15) is 14.7 Å². The van der Waals surface area contributed by atoms with Gasteiger partial charge in [-0.1, -0.05) is 6.92 Å². The van der Waals surface area contributed by atoms with E-state index in [0.717, 1.165) is 32.4 Å². The molecule has 2 aromatic rings. The summed E-state index contributed by atoms with van der Waals surface area (Å²) in [7, 11) is 0. The second-order valence-electron chi connectivity index (χ2n) is 8.58. The summed E-state index contributed by atoms with van der Waals surface area (Å²) in [5, 5.41) is 12.8. The molecule has 5 rings (SSSR count). The number of carboxylic acid groups (broad SMARTS) is 1. The fourth-order valence-electron chi connectivity index (χ4n) is 4.98. The van der Waals surface area contributed by atoms with Gasteiger partial charge in [-0.15, -0.1) is 0 Å². The second-order valence-corrected chi connectivity index (χ2v) is 8.58. The largest absolute Gasteiger partial charge is 0.487 e. The summed E-state index contributed by atoms with van der Waals surface area (Å²) < 4.78 is 23.6. The summed E-state index contributed by atoms with van der Waals surface area (Å²) >= 11 is 0. The van der Waals surface area contributed by atoms with Gasteiger partial charge in [0.15, 0.2) is 11.6 Å². The van der Waals surface area contributed by atoms with Crippen LogP contribution in [0.3, 0.4) is 0 Å². The Bertz CT molecular complexity index is 1130. The number of ether oxygens (including phenoxy) is 1. The lowest BCUT2D eigenvalue weighted by atomic mass is 10.0. The van der Waals surface area contributed by atoms with Crippen LogP contribution in [0, 0.1) is 11.7 Å². The number of nitrogens with two attached hydrogens (primary N) is 1. The van der Waals surface area contributed by atoms with Gasteiger partial charge >= 0.3 is 5.97 Å². The molecule has 166 valence electrons. The number of fused-ring (bicyclic) bond motifs is 5. The maximum atomic E-state index is 15.8. The highest BCUT2D eigenvalue weighted by atomic mass is 19.1. The van der Waals surface area contributed by atoms with Gasteiger partial charge in [0.2, 0.25) is 5.43 Å². The van der Waals surface area contributed by atoms with Crippen molar-refractivity contribution in [1.29, 1.82) is 0 Å². The number of nitrogens with one attached hydrogen (secondary N) is 2. The number of benzene rings is 1. The molecule has 0 spiro atoms. The predicted molar refractivity (Wildman–Crippen MR) is 114 cm³/mol. The van der Waals surface area contributed by atoms with Crippen LogP contribution in [-0.2, 0) is 0 Å². The Morgan fingerprint density at radius 3 is 2.81 bits per heavy atom. The van der Waals surface area contributed by atoms with Crippen molar-refractivity contribution in [2.45, 2.75) is 38.3 Å². The number of hydrogen-bond acceptors (Lipinski definition) is 7. The van der Waals surface area contributed by atoms with E-state index in [1.54, 1.807) is 4.57 Å². The van der Waals surface area contributed by atoms with Crippen LogP contribution in [0.4, 0.5) is 15.8 Å². The van der Waals surface area contributed by atoms with Crippen LogP contribution in [0.2, 0.25) is 0 Å². The van der Waals surface area contributed by atoms with Crippen molar-refractivity contribution in [2.75, 3.05) is 36.6 Å². The molecule has 5 N–H and O–H groups in total. The Balaban J connectivity index is 1.76. The lowest BCUT2D eigenvalue weighted by Gasteiger charge is -2.35. The Hall–Kier alpha value is -2.85. The van der Waals surface area contributed by atoms with Gasteiger partial charge in [-0.3, -0.25) is 10.6 Å². The van der Waals surface area contributed by atoms with Crippen LogP contribution >= 0.6 is 0 Å². The second kappa shape index (κ2) is 7.38. The molecule has 0 amide bonds. The van der Waals surface area contributed by atoms with E-state index in [-0.39, 0.29) is 23.2 Å². The van der Waals surface area contributed by atoms with Crippen molar-refractivity contribution in [3.05, 3.63) is 27.8 Å². The molecule has 1 aromatic carbocycles. The Morgan fingerprint density at radius 1 is 1.39 bits per heavy atom. The first kappa shape index (κ1) is 20.1. The number of hydrazine groups is 1. The number of nitrogens with zero attached hydrogens (tertiary/aromatic N) is 2. The number of carboxylic acids is 1. The van der Waals surface area contributed by atoms with Gasteiger partial charge < -0.3 is 30.1 Å². The van der Waals surface area contributed by atoms with Crippen molar-refractivity contribution in [3.63, 3.8) is 0 Å². The molecule has 2 aliphatic heterocycles. The van der Waals surface area contributed by atoms with E-state index in [1.165, 1.54) is 6.20 Å². The molecule has 2 fully saturated rings. The van der Waals surface area contributed by atoms with Crippen molar-refractivity contribution in [2.24, 2.45) is 11.8 Å². The third-order valence-corrected chi connectivity index (χ3v) is 6.55. The summed E-state index contributed by atoms with van der Waals surface area (Å²) in [5.41, 5.74) is 1.68. The Kier molecular flexibility index (Phi) is 4.78. The van der Waals surface area contributed by atoms with E-state index < -0.39 is 22.8 Å². The third-order valence-electron chi connectivity index (χ3n) is 6.55. The first-order chi connectivity index (χ1) is 15.0. The highest BCUT2D eigenvalue weighted by Crippen LogP contribution is 2.50. The highest BCUT2D eigenvalue weighted by Gasteiger charge is 2.42. The number of pyridine rings is 1. The third kappa shape index (κ3) is 3.04. The van der Waals surface area contributed by atoms with Crippen molar-refractivity contribution in [3.8, 4) is 5.75 Å². The molecule has 1 saturated carbocycles. The monoisotopic (exact) mass is 431 g/mol. The number of aromatic nitrogens is 1. The minimum absolute atomic E-state index is 0.0353. The number of rotatable bonds is 6. The zero-order chi connectivity index (χ0) is 21.9. The molecule has 10 heteroatoms. The molecule has 0 bridgehead atoms. The highest BCUT2D eigenvalue weighted by molar-refractivity contribution is 6.04. The standard InChI is InChI=1S/C21H26FN5O4/c1-2-24-6-10-5-12-9-31-20-17-14(16(25-23)15(22)18(20)26(12)7-10)19(28)13(21(29)30)8-27(17)11-3-4-11/h8,10-12,24-25H,2-7,9,23H2,1H3,(H,29,30). The molecule has 0 radical (unpaired) electrons. The van der Waals surface area contributed by atoms with Crippen LogP contribution < -0.4 is 31.7 Å². The average Bonchev–Trinajstić information content (AvgIpc) is 3.51. The van der Waals surface area contributed by atoms with E-state index in [2.05, 4.69) is 10.7 Å². The first-order valence-corrected chi connectivity index (χ1v) is 10.7. The molecule has 1 aliphatic carbocycles. The minimum atomic E-state index is -1.35. The van der Waals surface area contributed by atoms with E-state index in [0.29, 0.717) is 36.0 Å². The van der Waals surface area contributed by atoms with Gasteiger partial charge in [-0.25, -0.2) is 9.18 Å². The molecule has 9 nitrogen and oxygen atoms in total. The molecule has 1 aromatic heterocycles. The first-order valence-electron chi connectivity index (χ1n) is 10.7. The van der Waals surface area contributed by atoms with Crippen LogP contribution in [0.5, 0.6) is 5.75 Å². The van der Waals surface area contributed by atoms with Crippen LogP contribution in [0.25, 0.3) is 10.9 Å². The number of nitrogen functional groups attached to an aromatic ring is 1. The predicted octanol–water partition coefficient (Wildman–Crippen LogP) is 1.66. The fourth-order valence-corrected chi connectivity index (χ4v) is 4.98. The van der Waals surface area contributed by atoms with Crippen molar-refractivity contribution in [1.82, 2.24) is 9.88 Å². The number of aromatic carboxylic acids is 1. The summed E-state index contributed by atoms with van der Waals surface area (Å²) in [6.07, 6.45) is 3.94. The Labute approximate surface area is 177 Å². The zero-order valence-corrected chi connectivity index (χ0v) is 17.3. The average molecular weight is 431 g/mol. The molecule has 2 unspecified atom stereocenters. The van der Waals surface area contributed by atoms with E-state index in [1.807, 2.05) is 11.8 Å². The number of anilines is 2. The molecule has 3 heterocycles. The number of halogens is 1. The maximum Gasteiger partial charge on any atom is 0.341 e. The quantitative estimate of drug-likeness (QED) is 0.402. The van der Waals surface area contributed by atoms with E-state index in [4.69, 9.17) is 10.6 Å². The Morgan fingerprint density at radius 2 is 2.16 bits per heavy atom. The molecular weight excluding hydrogens is 405 g/mol. The molecule has 2 atom stereocenters. The number of carbonyl (C=O) groups is 1. The van der Waals surface area contributed by atoms with Crippen molar-refractivity contribution >= 4 is 28.2 Å². The van der Waals surface area contributed by atoms with Crippen molar-refractivity contribution < 1.29 is 19.0 Å². The maximum absolute atomic E-state index is 15.8.